The first kappa shape index (κ1) is 18.4. The van der Waals surface area contributed by atoms with Gasteiger partial charge in [0.05, 0.1) is 38.4 Å². The molecule has 1 heterocycles. The fourth-order valence-corrected chi connectivity index (χ4v) is 2.34. The number of aliphatic hydroxyl groups excluding tert-OH is 1. The summed E-state index contributed by atoms with van der Waals surface area (Å²) >= 11 is 0. The standard InChI is InChI=1S/C15H29NO5/c1-12(2)21-11-13(17)9-16(7-6-15(18)19-3)10-14-5-4-8-20-14/h12-14,17H,4-11H2,1-3H3. The number of aliphatic hydroxyl groups is 1. The Morgan fingerprint density at radius 2 is 2.24 bits per heavy atom. The summed E-state index contributed by atoms with van der Waals surface area (Å²) in [6, 6.07) is 0. The molecule has 21 heavy (non-hydrogen) atoms. The molecule has 1 fully saturated rings. The lowest BCUT2D eigenvalue weighted by Gasteiger charge is -2.27. The normalized spacial score (nSPS) is 20.2. The molecule has 1 rings (SSSR count). The van der Waals surface area contributed by atoms with E-state index in [2.05, 4.69) is 9.64 Å². The predicted molar refractivity (Wildman–Crippen MR) is 79.1 cm³/mol. The summed E-state index contributed by atoms with van der Waals surface area (Å²) in [5, 5.41) is 10.0. The Hall–Kier alpha value is -0.690. The van der Waals surface area contributed by atoms with Gasteiger partial charge < -0.3 is 19.3 Å². The zero-order valence-electron chi connectivity index (χ0n) is 13.4. The molecule has 0 bridgehead atoms. The zero-order chi connectivity index (χ0) is 15.7. The van der Waals surface area contributed by atoms with Gasteiger partial charge in [-0.25, -0.2) is 0 Å². The maximum atomic E-state index is 11.3. The molecule has 1 saturated heterocycles. The maximum Gasteiger partial charge on any atom is 0.306 e. The van der Waals surface area contributed by atoms with E-state index in [1.165, 1.54) is 7.11 Å². The van der Waals surface area contributed by atoms with Gasteiger partial charge in [0.1, 0.15) is 0 Å². The number of carbonyl (C=O) groups is 1. The molecule has 2 unspecified atom stereocenters. The third-order valence-corrected chi connectivity index (χ3v) is 3.44. The molecular weight excluding hydrogens is 274 g/mol. The van der Waals surface area contributed by atoms with Gasteiger partial charge in [-0.2, -0.15) is 0 Å². The number of ether oxygens (including phenoxy) is 3. The van der Waals surface area contributed by atoms with Gasteiger partial charge in [0.15, 0.2) is 0 Å². The van der Waals surface area contributed by atoms with Gasteiger partial charge >= 0.3 is 5.97 Å². The van der Waals surface area contributed by atoms with Crippen LogP contribution in [0, 0.1) is 0 Å². The van der Waals surface area contributed by atoms with Gasteiger partial charge in [0.2, 0.25) is 0 Å². The first-order valence-corrected chi connectivity index (χ1v) is 7.71. The summed E-state index contributed by atoms with van der Waals surface area (Å²) in [6.45, 7) is 6.75. The van der Waals surface area contributed by atoms with Crippen LogP contribution in [-0.4, -0.2) is 74.2 Å². The number of rotatable bonds is 10. The molecule has 124 valence electrons. The Morgan fingerprint density at radius 1 is 1.48 bits per heavy atom. The highest BCUT2D eigenvalue weighted by atomic mass is 16.5. The molecule has 0 radical (unpaired) electrons. The van der Waals surface area contributed by atoms with Crippen LogP contribution in [0.4, 0.5) is 0 Å². The number of hydrogen-bond donors (Lipinski definition) is 1. The van der Waals surface area contributed by atoms with Crippen molar-refractivity contribution in [3.8, 4) is 0 Å². The van der Waals surface area contributed by atoms with E-state index in [0.29, 0.717) is 26.1 Å². The molecule has 0 spiro atoms. The van der Waals surface area contributed by atoms with Gasteiger partial charge in [0, 0.05) is 26.2 Å². The Labute approximate surface area is 127 Å². The van der Waals surface area contributed by atoms with Crippen molar-refractivity contribution in [2.75, 3.05) is 40.0 Å². The predicted octanol–water partition coefficient (Wildman–Crippen LogP) is 0.816. The van der Waals surface area contributed by atoms with E-state index >= 15 is 0 Å². The number of carbonyl (C=O) groups excluding carboxylic acids is 1. The molecule has 2 atom stereocenters. The molecule has 0 aliphatic carbocycles. The van der Waals surface area contributed by atoms with Crippen molar-refractivity contribution >= 4 is 5.97 Å². The Kier molecular flexibility index (Phi) is 8.84. The molecule has 1 N–H and O–H groups in total. The van der Waals surface area contributed by atoms with Crippen LogP contribution in [0.5, 0.6) is 0 Å². The quantitative estimate of drug-likeness (QED) is 0.603. The monoisotopic (exact) mass is 303 g/mol. The van der Waals surface area contributed by atoms with E-state index in [1.807, 2.05) is 13.8 Å². The third-order valence-electron chi connectivity index (χ3n) is 3.44. The van der Waals surface area contributed by atoms with Crippen LogP contribution < -0.4 is 0 Å². The van der Waals surface area contributed by atoms with Crippen molar-refractivity contribution in [1.29, 1.82) is 0 Å². The van der Waals surface area contributed by atoms with Crippen molar-refractivity contribution in [2.45, 2.75) is 51.4 Å². The van der Waals surface area contributed by atoms with Gasteiger partial charge in [-0.3, -0.25) is 9.69 Å². The first-order chi connectivity index (χ1) is 10.0. The van der Waals surface area contributed by atoms with Crippen LogP contribution in [0.1, 0.15) is 33.1 Å². The second-order valence-corrected chi connectivity index (χ2v) is 5.76. The van der Waals surface area contributed by atoms with Crippen molar-refractivity contribution < 1.29 is 24.1 Å². The van der Waals surface area contributed by atoms with Crippen molar-refractivity contribution in [2.24, 2.45) is 0 Å². The molecule has 6 heteroatoms. The molecule has 0 aromatic carbocycles. The number of methoxy groups -OCH3 is 1. The molecule has 0 aromatic heterocycles. The van der Waals surface area contributed by atoms with E-state index in [-0.39, 0.29) is 18.2 Å². The Balaban J connectivity index is 2.39. The molecule has 0 amide bonds. The number of nitrogens with zero attached hydrogens (tertiary/aromatic N) is 1. The fourth-order valence-electron chi connectivity index (χ4n) is 2.34. The van der Waals surface area contributed by atoms with E-state index in [1.54, 1.807) is 0 Å². The van der Waals surface area contributed by atoms with Gasteiger partial charge in [0.25, 0.3) is 0 Å². The fraction of sp³-hybridized carbons (Fsp3) is 0.933. The Morgan fingerprint density at radius 3 is 2.81 bits per heavy atom. The summed E-state index contributed by atoms with van der Waals surface area (Å²) in [5.74, 6) is -0.236. The second kappa shape index (κ2) is 10.1. The van der Waals surface area contributed by atoms with Crippen molar-refractivity contribution in [1.82, 2.24) is 4.90 Å². The zero-order valence-corrected chi connectivity index (χ0v) is 13.4. The lowest BCUT2D eigenvalue weighted by Crippen LogP contribution is -2.40. The summed E-state index contributed by atoms with van der Waals surface area (Å²) in [5.41, 5.74) is 0. The summed E-state index contributed by atoms with van der Waals surface area (Å²) in [4.78, 5) is 13.3. The summed E-state index contributed by atoms with van der Waals surface area (Å²) in [7, 11) is 1.39. The van der Waals surface area contributed by atoms with E-state index in [0.717, 1.165) is 26.0 Å². The first-order valence-electron chi connectivity index (χ1n) is 7.71. The minimum atomic E-state index is -0.563. The highest BCUT2D eigenvalue weighted by Gasteiger charge is 2.21. The molecule has 0 aromatic rings. The summed E-state index contributed by atoms with van der Waals surface area (Å²) in [6.07, 6.45) is 2.16. The van der Waals surface area contributed by atoms with Crippen LogP contribution in [-0.2, 0) is 19.0 Å². The highest BCUT2D eigenvalue weighted by molar-refractivity contribution is 5.69. The molecular formula is C15H29NO5. The van der Waals surface area contributed by atoms with Crippen LogP contribution in [0.2, 0.25) is 0 Å². The second-order valence-electron chi connectivity index (χ2n) is 5.76. The van der Waals surface area contributed by atoms with Gasteiger partial charge in [-0.1, -0.05) is 0 Å². The van der Waals surface area contributed by atoms with Crippen LogP contribution in [0.25, 0.3) is 0 Å². The average Bonchev–Trinajstić information content (AvgIpc) is 2.95. The minimum absolute atomic E-state index is 0.0985. The van der Waals surface area contributed by atoms with Crippen LogP contribution >= 0.6 is 0 Å². The van der Waals surface area contributed by atoms with Gasteiger partial charge in [-0.15, -0.1) is 0 Å². The van der Waals surface area contributed by atoms with E-state index in [9.17, 15) is 9.90 Å². The van der Waals surface area contributed by atoms with E-state index < -0.39 is 6.10 Å². The number of hydrogen-bond acceptors (Lipinski definition) is 6. The molecule has 1 aliphatic rings. The lowest BCUT2D eigenvalue weighted by atomic mass is 10.2. The van der Waals surface area contributed by atoms with Gasteiger partial charge in [-0.05, 0) is 26.7 Å². The van der Waals surface area contributed by atoms with Crippen molar-refractivity contribution in [3.63, 3.8) is 0 Å². The Bertz CT molecular complexity index is 292. The third kappa shape index (κ3) is 8.36. The molecule has 6 nitrogen and oxygen atoms in total. The molecule has 1 aliphatic heterocycles. The smallest absolute Gasteiger partial charge is 0.306 e. The topological polar surface area (TPSA) is 68.2 Å². The highest BCUT2D eigenvalue weighted by Crippen LogP contribution is 2.14. The SMILES string of the molecule is COC(=O)CCN(CC(O)COC(C)C)CC1CCCO1. The molecule has 0 saturated carbocycles. The number of esters is 1. The largest absolute Gasteiger partial charge is 0.469 e. The average molecular weight is 303 g/mol. The lowest BCUT2D eigenvalue weighted by molar-refractivity contribution is -0.141. The van der Waals surface area contributed by atoms with Crippen LogP contribution in [0.15, 0.2) is 0 Å². The minimum Gasteiger partial charge on any atom is -0.469 e. The summed E-state index contributed by atoms with van der Waals surface area (Å²) < 4.78 is 15.7. The van der Waals surface area contributed by atoms with Crippen LogP contribution in [0.3, 0.4) is 0 Å². The van der Waals surface area contributed by atoms with Crippen molar-refractivity contribution in [3.05, 3.63) is 0 Å². The van der Waals surface area contributed by atoms with E-state index in [4.69, 9.17) is 9.47 Å². The maximum absolute atomic E-state index is 11.3.